The minimum atomic E-state index is 0.676. The van der Waals surface area contributed by atoms with Crippen LogP contribution in [0.3, 0.4) is 0 Å². The van der Waals surface area contributed by atoms with Crippen LogP contribution in [0, 0.1) is 17.2 Å². The molecule has 0 heterocycles. The quantitative estimate of drug-likeness (QED) is 0.657. The van der Waals surface area contributed by atoms with Crippen molar-refractivity contribution in [2.45, 2.75) is 38.6 Å². The molecule has 1 saturated carbocycles. The minimum absolute atomic E-state index is 0.676. The van der Waals surface area contributed by atoms with E-state index < -0.39 is 0 Å². The zero-order valence-corrected chi connectivity index (χ0v) is 10.5. The summed E-state index contributed by atoms with van der Waals surface area (Å²) in [5.74, 6) is 0.745. The monoisotopic (exact) mass is 258 g/mol. The van der Waals surface area contributed by atoms with Gasteiger partial charge in [0.25, 0.3) is 0 Å². The predicted octanol–water partition coefficient (Wildman–Crippen LogP) is 2.79. The summed E-state index contributed by atoms with van der Waals surface area (Å²) in [6, 6.07) is 3.03. The maximum Gasteiger partial charge on any atom is 0.0635 e. The maximum absolute atomic E-state index is 8.58. The average Bonchev–Trinajstić information content (AvgIpc) is 3.02. The van der Waals surface area contributed by atoms with Crippen LogP contribution in [0.4, 0.5) is 0 Å². The van der Waals surface area contributed by atoms with Crippen molar-refractivity contribution in [1.29, 1.82) is 5.26 Å². The molecular formula is C11H19BrN2. The smallest absolute Gasteiger partial charge is 0.0635 e. The molecule has 1 fully saturated rings. The van der Waals surface area contributed by atoms with Crippen molar-refractivity contribution < 1.29 is 0 Å². The SMILES string of the molecule is CCC(CBr)CN(CCC#N)C1CC1. The Balaban J connectivity index is 2.30. The number of rotatable bonds is 7. The summed E-state index contributed by atoms with van der Waals surface area (Å²) in [6.45, 7) is 4.36. The van der Waals surface area contributed by atoms with Crippen LogP contribution in [-0.4, -0.2) is 29.4 Å². The molecule has 3 heteroatoms. The highest BCUT2D eigenvalue weighted by Gasteiger charge is 2.29. The fraction of sp³-hybridized carbons (Fsp3) is 0.909. The van der Waals surface area contributed by atoms with E-state index in [1.165, 1.54) is 19.3 Å². The molecule has 1 aliphatic rings. The highest BCUT2D eigenvalue weighted by molar-refractivity contribution is 9.09. The highest BCUT2D eigenvalue weighted by atomic mass is 79.9. The molecule has 0 radical (unpaired) electrons. The predicted molar refractivity (Wildman–Crippen MR) is 62.4 cm³/mol. The molecular weight excluding hydrogens is 240 g/mol. The fourth-order valence-corrected chi connectivity index (χ4v) is 2.34. The van der Waals surface area contributed by atoms with E-state index in [1.54, 1.807) is 0 Å². The van der Waals surface area contributed by atoms with Crippen molar-refractivity contribution >= 4 is 15.9 Å². The Morgan fingerprint density at radius 2 is 2.29 bits per heavy atom. The van der Waals surface area contributed by atoms with Crippen molar-refractivity contribution in [2.75, 3.05) is 18.4 Å². The molecule has 0 amide bonds. The van der Waals surface area contributed by atoms with Gasteiger partial charge in [0.05, 0.1) is 6.07 Å². The van der Waals surface area contributed by atoms with Crippen LogP contribution in [0.2, 0.25) is 0 Å². The van der Waals surface area contributed by atoms with Gasteiger partial charge in [0.2, 0.25) is 0 Å². The molecule has 14 heavy (non-hydrogen) atoms. The van der Waals surface area contributed by atoms with Crippen LogP contribution in [0.5, 0.6) is 0 Å². The van der Waals surface area contributed by atoms with Crippen LogP contribution in [-0.2, 0) is 0 Å². The van der Waals surface area contributed by atoms with E-state index in [9.17, 15) is 0 Å². The van der Waals surface area contributed by atoms with Gasteiger partial charge in [-0.05, 0) is 18.8 Å². The second-order valence-electron chi connectivity index (χ2n) is 4.06. The van der Waals surface area contributed by atoms with Crippen molar-refractivity contribution in [1.82, 2.24) is 4.90 Å². The number of nitrogens with zero attached hydrogens (tertiary/aromatic N) is 2. The van der Waals surface area contributed by atoms with Crippen molar-refractivity contribution in [2.24, 2.45) is 5.92 Å². The molecule has 0 aromatic heterocycles. The molecule has 1 unspecified atom stereocenters. The Hall–Kier alpha value is -0.0700. The van der Waals surface area contributed by atoms with Crippen LogP contribution in [0.25, 0.3) is 0 Å². The minimum Gasteiger partial charge on any atom is -0.299 e. The van der Waals surface area contributed by atoms with E-state index in [2.05, 4.69) is 33.8 Å². The molecule has 1 rings (SSSR count). The summed E-state index contributed by atoms with van der Waals surface area (Å²) in [5, 5.41) is 9.66. The van der Waals surface area contributed by atoms with Crippen molar-refractivity contribution in [3.63, 3.8) is 0 Å². The van der Waals surface area contributed by atoms with E-state index in [-0.39, 0.29) is 0 Å². The number of nitriles is 1. The third kappa shape index (κ3) is 3.98. The van der Waals surface area contributed by atoms with Crippen LogP contribution in [0.1, 0.15) is 32.6 Å². The first-order chi connectivity index (χ1) is 6.81. The highest BCUT2D eigenvalue weighted by Crippen LogP contribution is 2.28. The molecule has 1 atom stereocenters. The third-order valence-electron chi connectivity index (χ3n) is 2.86. The van der Waals surface area contributed by atoms with Crippen LogP contribution >= 0.6 is 15.9 Å². The lowest BCUT2D eigenvalue weighted by molar-refractivity contribution is 0.232. The van der Waals surface area contributed by atoms with E-state index >= 15 is 0 Å². The summed E-state index contributed by atoms with van der Waals surface area (Å²) in [6.07, 6.45) is 4.57. The van der Waals surface area contributed by atoms with Gasteiger partial charge >= 0.3 is 0 Å². The molecule has 0 bridgehead atoms. The van der Waals surface area contributed by atoms with Gasteiger partial charge in [-0.2, -0.15) is 5.26 Å². The number of hydrogen-bond acceptors (Lipinski definition) is 2. The summed E-state index contributed by atoms with van der Waals surface area (Å²) in [7, 11) is 0. The van der Waals surface area contributed by atoms with Gasteiger partial charge in [0.1, 0.15) is 0 Å². The molecule has 1 aliphatic carbocycles. The Labute approximate surface area is 95.4 Å². The third-order valence-corrected chi connectivity index (χ3v) is 3.78. The lowest BCUT2D eigenvalue weighted by Gasteiger charge is -2.25. The van der Waals surface area contributed by atoms with E-state index in [0.717, 1.165) is 30.4 Å². The van der Waals surface area contributed by atoms with Gasteiger partial charge in [0.15, 0.2) is 0 Å². The number of hydrogen-bond donors (Lipinski definition) is 0. The van der Waals surface area contributed by atoms with Gasteiger partial charge in [-0.3, -0.25) is 4.90 Å². The van der Waals surface area contributed by atoms with Gasteiger partial charge in [-0.25, -0.2) is 0 Å². The van der Waals surface area contributed by atoms with Gasteiger partial charge in [-0.1, -0.05) is 29.3 Å². The van der Waals surface area contributed by atoms with E-state index in [4.69, 9.17) is 5.26 Å². The van der Waals surface area contributed by atoms with Crippen LogP contribution in [0.15, 0.2) is 0 Å². The topological polar surface area (TPSA) is 27.0 Å². The second-order valence-corrected chi connectivity index (χ2v) is 4.71. The first-order valence-corrected chi connectivity index (χ1v) is 6.60. The van der Waals surface area contributed by atoms with E-state index in [1.807, 2.05) is 0 Å². The normalized spacial score (nSPS) is 18.1. The van der Waals surface area contributed by atoms with Gasteiger partial charge in [0, 0.05) is 30.9 Å². The molecule has 0 aliphatic heterocycles. The molecule has 0 spiro atoms. The lowest BCUT2D eigenvalue weighted by atomic mass is 10.1. The first-order valence-electron chi connectivity index (χ1n) is 5.48. The molecule has 0 N–H and O–H groups in total. The van der Waals surface area contributed by atoms with E-state index in [0.29, 0.717) is 6.42 Å². The molecule has 0 aromatic carbocycles. The van der Waals surface area contributed by atoms with Crippen molar-refractivity contribution in [3.05, 3.63) is 0 Å². The summed E-state index contributed by atoms with van der Waals surface area (Å²) < 4.78 is 0. The zero-order chi connectivity index (χ0) is 10.4. The number of alkyl halides is 1. The largest absolute Gasteiger partial charge is 0.299 e. The number of halogens is 1. The van der Waals surface area contributed by atoms with Gasteiger partial charge in [-0.15, -0.1) is 0 Å². The lowest BCUT2D eigenvalue weighted by Crippen LogP contribution is -2.32. The summed E-state index contributed by atoms with van der Waals surface area (Å²) in [4.78, 5) is 2.50. The van der Waals surface area contributed by atoms with Gasteiger partial charge < -0.3 is 0 Å². The average molecular weight is 259 g/mol. The standard InChI is InChI=1S/C11H19BrN2/c1-2-10(8-12)9-14(7-3-6-13)11-4-5-11/h10-11H,2-5,7-9H2,1H3. The Morgan fingerprint density at radius 1 is 1.57 bits per heavy atom. The molecule has 80 valence electrons. The van der Waals surface area contributed by atoms with Crippen LogP contribution < -0.4 is 0 Å². The molecule has 0 aromatic rings. The zero-order valence-electron chi connectivity index (χ0n) is 8.88. The Kier molecular flexibility index (Phi) is 5.50. The summed E-state index contributed by atoms with van der Waals surface area (Å²) in [5.41, 5.74) is 0. The second kappa shape index (κ2) is 6.42. The Morgan fingerprint density at radius 3 is 2.71 bits per heavy atom. The maximum atomic E-state index is 8.58. The molecule has 2 nitrogen and oxygen atoms in total. The fourth-order valence-electron chi connectivity index (χ4n) is 1.67. The molecule has 0 saturated heterocycles. The van der Waals surface area contributed by atoms with Crippen molar-refractivity contribution in [3.8, 4) is 6.07 Å². The summed E-state index contributed by atoms with van der Waals surface area (Å²) >= 11 is 3.55. The first kappa shape index (κ1) is 12.0. The Bertz CT molecular complexity index is 192.